The molecule has 0 radical (unpaired) electrons. The van der Waals surface area contributed by atoms with E-state index < -0.39 is 0 Å². The summed E-state index contributed by atoms with van der Waals surface area (Å²) in [7, 11) is 0. The van der Waals surface area contributed by atoms with E-state index >= 15 is 0 Å². The van der Waals surface area contributed by atoms with E-state index in [2.05, 4.69) is 16.1 Å². The van der Waals surface area contributed by atoms with Crippen molar-refractivity contribution in [2.75, 3.05) is 26.2 Å². The Morgan fingerprint density at radius 3 is 2.52 bits per heavy atom. The average molecular weight is 360 g/mol. The van der Waals surface area contributed by atoms with Crippen LogP contribution in [0.15, 0.2) is 54.7 Å². The molecule has 2 aliphatic rings. The number of hydrogen-bond donors (Lipinski definition) is 0. The Hall–Kier alpha value is -2.66. The van der Waals surface area contributed by atoms with Crippen molar-refractivity contribution < 1.29 is 4.79 Å². The maximum atomic E-state index is 12.9. The summed E-state index contributed by atoms with van der Waals surface area (Å²) in [6.07, 6.45) is 5.72. The molecular weight excluding hydrogens is 336 g/mol. The summed E-state index contributed by atoms with van der Waals surface area (Å²) in [5.74, 6) is 0.147. The van der Waals surface area contributed by atoms with Crippen LogP contribution in [-0.2, 0) is 0 Å². The molecule has 5 nitrogen and oxygen atoms in total. The first kappa shape index (κ1) is 16.5. The van der Waals surface area contributed by atoms with Crippen LogP contribution in [0.2, 0.25) is 0 Å². The van der Waals surface area contributed by atoms with E-state index in [4.69, 9.17) is 0 Å². The number of carbonyl (C=O) groups excluding carboxylic acids is 1. The highest BCUT2D eigenvalue weighted by Crippen LogP contribution is 2.22. The van der Waals surface area contributed by atoms with Crippen molar-refractivity contribution in [3.8, 4) is 5.69 Å². The second-order valence-electron chi connectivity index (χ2n) is 7.62. The van der Waals surface area contributed by atoms with Gasteiger partial charge < -0.3 is 4.90 Å². The minimum Gasteiger partial charge on any atom is -0.337 e. The summed E-state index contributed by atoms with van der Waals surface area (Å²) in [4.78, 5) is 17.4. The Morgan fingerprint density at radius 2 is 1.74 bits per heavy atom. The third-order valence-electron chi connectivity index (χ3n) is 5.90. The fourth-order valence-electron chi connectivity index (χ4n) is 4.37. The summed E-state index contributed by atoms with van der Waals surface area (Å²) in [5, 5.41) is 5.72. The van der Waals surface area contributed by atoms with Crippen LogP contribution < -0.4 is 0 Å². The molecule has 0 saturated carbocycles. The normalized spacial score (nSPS) is 20.6. The quantitative estimate of drug-likeness (QED) is 0.719. The molecule has 1 amide bonds. The summed E-state index contributed by atoms with van der Waals surface area (Å²) in [6.45, 7) is 4.12. The molecule has 3 aromatic rings. The van der Waals surface area contributed by atoms with E-state index in [1.165, 1.54) is 25.9 Å². The van der Waals surface area contributed by atoms with Crippen LogP contribution in [0.25, 0.3) is 16.6 Å². The third-order valence-corrected chi connectivity index (χ3v) is 5.90. The Kier molecular flexibility index (Phi) is 4.17. The number of nitrogens with zero attached hydrogens (tertiary/aromatic N) is 4. The Labute approximate surface area is 159 Å². The van der Waals surface area contributed by atoms with Crippen molar-refractivity contribution in [2.45, 2.75) is 25.3 Å². The molecule has 5 rings (SSSR count). The second-order valence-corrected chi connectivity index (χ2v) is 7.62. The Morgan fingerprint density at radius 1 is 0.963 bits per heavy atom. The predicted octanol–water partition coefficient (Wildman–Crippen LogP) is 3.34. The first-order chi connectivity index (χ1) is 13.3. The van der Waals surface area contributed by atoms with Gasteiger partial charge in [0.25, 0.3) is 5.91 Å². The minimum absolute atomic E-state index is 0.147. The Balaban J connectivity index is 1.30. The number of likely N-dealkylation sites (tertiary alicyclic amines) is 2. The van der Waals surface area contributed by atoms with Crippen molar-refractivity contribution in [2.24, 2.45) is 0 Å². The van der Waals surface area contributed by atoms with Gasteiger partial charge in [-0.1, -0.05) is 18.2 Å². The zero-order chi connectivity index (χ0) is 18.2. The lowest BCUT2D eigenvalue weighted by Crippen LogP contribution is -2.37. The van der Waals surface area contributed by atoms with Crippen LogP contribution in [0.1, 0.15) is 29.6 Å². The number of rotatable bonds is 3. The van der Waals surface area contributed by atoms with Gasteiger partial charge in [0.15, 0.2) is 0 Å². The number of benzene rings is 2. The van der Waals surface area contributed by atoms with Gasteiger partial charge in [-0.05, 0) is 62.7 Å². The van der Waals surface area contributed by atoms with Crippen molar-refractivity contribution in [1.82, 2.24) is 19.6 Å². The zero-order valence-electron chi connectivity index (χ0n) is 15.4. The second kappa shape index (κ2) is 6.82. The van der Waals surface area contributed by atoms with E-state index in [-0.39, 0.29) is 5.91 Å². The lowest BCUT2D eigenvalue weighted by Gasteiger charge is -2.23. The summed E-state index contributed by atoms with van der Waals surface area (Å²) in [6, 6.07) is 16.4. The molecule has 2 saturated heterocycles. The zero-order valence-corrected chi connectivity index (χ0v) is 15.4. The van der Waals surface area contributed by atoms with Crippen LogP contribution in [0.3, 0.4) is 0 Å². The van der Waals surface area contributed by atoms with Crippen molar-refractivity contribution in [3.63, 3.8) is 0 Å². The van der Waals surface area contributed by atoms with E-state index in [0.717, 1.165) is 41.7 Å². The summed E-state index contributed by atoms with van der Waals surface area (Å²) < 4.78 is 1.87. The molecule has 27 heavy (non-hydrogen) atoms. The topological polar surface area (TPSA) is 41.4 Å². The molecule has 3 heterocycles. The van der Waals surface area contributed by atoms with Crippen LogP contribution >= 0.6 is 0 Å². The average Bonchev–Trinajstić information content (AvgIpc) is 3.47. The summed E-state index contributed by atoms with van der Waals surface area (Å²) in [5.41, 5.74) is 2.71. The maximum Gasteiger partial charge on any atom is 0.253 e. The van der Waals surface area contributed by atoms with Gasteiger partial charge in [-0.25, -0.2) is 4.68 Å². The van der Waals surface area contributed by atoms with Crippen molar-refractivity contribution in [3.05, 3.63) is 60.3 Å². The smallest absolute Gasteiger partial charge is 0.253 e. The molecule has 2 fully saturated rings. The van der Waals surface area contributed by atoms with E-state index in [9.17, 15) is 4.79 Å². The number of hydrogen-bond acceptors (Lipinski definition) is 3. The van der Waals surface area contributed by atoms with Crippen LogP contribution in [0, 0.1) is 0 Å². The molecule has 2 aromatic carbocycles. The molecule has 0 N–H and O–H groups in total. The van der Waals surface area contributed by atoms with Gasteiger partial charge in [0.1, 0.15) is 0 Å². The SMILES string of the molecule is O=C(c1ccc(-n2cc3ccccc3n2)cc1)N1CC[C@H](N2CCCC2)C1. The van der Waals surface area contributed by atoms with Gasteiger partial charge in [0, 0.05) is 36.3 Å². The third kappa shape index (κ3) is 3.12. The summed E-state index contributed by atoms with van der Waals surface area (Å²) >= 11 is 0. The molecular formula is C22H24N4O. The predicted molar refractivity (Wildman–Crippen MR) is 106 cm³/mol. The minimum atomic E-state index is 0.147. The van der Waals surface area contributed by atoms with Crippen LogP contribution in [0.5, 0.6) is 0 Å². The standard InChI is InChI=1S/C22H24N4O/c27-22(25-14-11-20(16-25)24-12-3-4-13-24)17-7-9-19(10-8-17)26-15-18-5-1-2-6-21(18)23-26/h1-2,5-10,15,20H,3-4,11-14,16H2/t20-/m0/s1. The van der Waals surface area contributed by atoms with E-state index in [1.54, 1.807) is 0 Å². The largest absolute Gasteiger partial charge is 0.337 e. The fourth-order valence-corrected chi connectivity index (χ4v) is 4.37. The maximum absolute atomic E-state index is 12.9. The fraction of sp³-hybridized carbons (Fsp3) is 0.364. The van der Waals surface area contributed by atoms with Crippen LogP contribution in [0.4, 0.5) is 0 Å². The van der Waals surface area contributed by atoms with Crippen molar-refractivity contribution in [1.29, 1.82) is 0 Å². The molecule has 1 atom stereocenters. The number of carbonyl (C=O) groups is 1. The highest BCUT2D eigenvalue weighted by molar-refractivity contribution is 5.94. The van der Waals surface area contributed by atoms with Gasteiger partial charge in [0.05, 0.1) is 11.2 Å². The molecule has 2 aliphatic heterocycles. The number of aromatic nitrogens is 2. The van der Waals surface area contributed by atoms with E-state index in [1.807, 2.05) is 58.2 Å². The molecule has 0 bridgehead atoms. The molecule has 0 aliphatic carbocycles. The number of fused-ring (bicyclic) bond motifs is 1. The monoisotopic (exact) mass is 360 g/mol. The van der Waals surface area contributed by atoms with Gasteiger partial charge in [-0.2, -0.15) is 5.10 Å². The molecule has 5 heteroatoms. The lowest BCUT2D eigenvalue weighted by molar-refractivity contribution is 0.0780. The van der Waals surface area contributed by atoms with Gasteiger partial charge >= 0.3 is 0 Å². The van der Waals surface area contributed by atoms with Gasteiger partial charge in [-0.15, -0.1) is 0 Å². The Bertz CT molecular complexity index is 923. The molecule has 138 valence electrons. The first-order valence-electron chi connectivity index (χ1n) is 9.86. The number of amides is 1. The van der Waals surface area contributed by atoms with E-state index in [0.29, 0.717) is 6.04 Å². The van der Waals surface area contributed by atoms with Gasteiger partial charge in [-0.3, -0.25) is 9.69 Å². The first-order valence-corrected chi connectivity index (χ1v) is 9.86. The highest BCUT2D eigenvalue weighted by Gasteiger charge is 2.31. The van der Waals surface area contributed by atoms with Crippen molar-refractivity contribution >= 4 is 16.8 Å². The lowest BCUT2D eigenvalue weighted by atomic mass is 10.2. The van der Waals surface area contributed by atoms with Crippen LogP contribution in [-0.4, -0.2) is 57.7 Å². The molecule has 1 aromatic heterocycles. The molecule has 0 unspecified atom stereocenters. The van der Waals surface area contributed by atoms with Gasteiger partial charge in [0.2, 0.25) is 0 Å². The highest BCUT2D eigenvalue weighted by atomic mass is 16.2. The molecule has 0 spiro atoms.